The van der Waals surface area contributed by atoms with E-state index in [1.807, 2.05) is 0 Å². The van der Waals surface area contributed by atoms with Crippen molar-refractivity contribution in [2.45, 2.75) is 24.8 Å². The third-order valence-corrected chi connectivity index (χ3v) is 6.37. The number of rotatable bonds is 6. The Labute approximate surface area is 136 Å². The van der Waals surface area contributed by atoms with Crippen LogP contribution in [0.4, 0.5) is 5.69 Å². The topological polar surface area (TPSA) is 72.6 Å². The van der Waals surface area contributed by atoms with Crippen LogP contribution in [-0.4, -0.2) is 39.0 Å². The van der Waals surface area contributed by atoms with Crippen molar-refractivity contribution >= 4 is 47.6 Å². The minimum absolute atomic E-state index is 0.0884. The Morgan fingerprint density at radius 1 is 1.40 bits per heavy atom. The van der Waals surface area contributed by atoms with E-state index in [1.54, 1.807) is 33.1 Å². The molecule has 114 valence electrons. The number of methoxy groups -OCH3 is 1. The molecule has 0 saturated heterocycles. The van der Waals surface area contributed by atoms with E-state index in [9.17, 15) is 8.42 Å². The molecule has 0 spiro atoms. The van der Waals surface area contributed by atoms with Gasteiger partial charge in [-0.1, -0.05) is 22.9 Å². The van der Waals surface area contributed by atoms with E-state index in [-0.39, 0.29) is 16.6 Å². The van der Waals surface area contributed by atoms with Crippen molar-refractivity contribution in [3.63, 3.8) is 0 Å². The number of ether oxygens (including phenoxy) is 1. The largest absolute Gasteiger partial charge is 0.398 e. The van der Waals surface area contributed by atoms with Crippen molar-refractivity contribution in [3.8, 4) is 0 Å². The van der Waals surface area contributed by atoms with Crippen molar-refractivity contribution in [3.05, 3.63) is 21.1 Å². The highest BCUT2D eigenvalue weighted by molar-refractivity contribution is 9.11. The molecule has 0 saturated carbocycles. The molecule has 0 aliphatic rings. The molecule has 1 unspecified atom stereocenters. The highest BCUT2D eigenvalue weighted by Crippen LogP contribution is 2.34. The van der Waals surface area contributed by atoms with Gasteiger partial charge in [-0.3, -0.25) is 0 Å². The summed E-state index contributed by atoms with van der Waals surface area (Å²) in [7, 11) is -2.15. The molecule has 1 aromatic rings. The van der Waals surface area contributed by atoms with Gasteiger partial charge >= 0.3 is 0 Å². The number of halogens is 2. The van der Waals surface area contributed by atoms with Crippen molar-refractivity contribution in [1.29, 1.82) is 0 Å². The second kappa shape index (κ2) is 7.22. The van der Waals surface area contributed by atoms with Gasteiger partial charge in [-0.25, -0.2) is 8.42 Å². The quantitative estimate of drug-likeness (QED) is 0.705. The van der Waals surface area contributed by atoms with Crippen LogP contribution in [0.3, 0.4) is 0 Å². The molecular formula is C12H18Br2N2O3S. The van der Waals surface area contributed by atoms with E-state index in [4.69, 9.17) is 10.5 Å². The van der Waals surface area contributed by atoms with Gasteiger partial charge in [0.15, 0.2) is 0 Å². The first-order valence-corrected chi connectivity index (χ1v) is 9.03. The van der Waals surface area contributed by atoms with E-state index in [0.29, 0.717) is 22.1 Å². The van der Waals surface area contributed by atoms with Crippen molar-refractivity contribution in [1.82, 2.24) is 4.31 Å². The lowest BCUT2D eigenvalue weighted by Crippen LogP contribution is -2.41. The van der Waals surface area contributed by atoms with Crippen molar-refractivity contribution < 1.29 is 13.2 Å². The summed E-state index contributed by atoms with van der Waals surface area (Å²) in [5, 5.41) is 0. The summed E-state index contributed by atoms with van der Waals surface area (Å²) in [4.78, 5) is 0.0884. The van der Waals surface area contributed by atoms with Gasteiger partial charge in [-0.15, -0.1) is 0 Å². The van der Waals surface area contributed by atoms with Gasteiger partial charge in [-0.2, -0.15) is 4.31 Å². The molecule has 0 aliphatic heterocycles. The molecule has 0 bridgehead atoms. The molecule has 0 aromatic heterocycles. The summed E-state index contributed by atoms with van der Waals surface area (Å²) >= 11 is 6.56. The first-order chi connectivity index (χ1) is 9.25. The van der Waals surface area contributed by atoms with E-state index in [1.165, 1.54) is 4.31 Å². The molecule has 8 heteroatoms. The Morgan fingerprint density at radius 3 is 2.45 bits per heavy atom. The second-order valence-electron chi connectivity index (χ2n) is 4.32. The third-order valence-electron chi connectivity index (χ3n) is 2.81. The van der Waals surface area contributed by atoms with Crippen LogP contribution >= 0.6 is 31.9 Å². The maximum Gasteiger partial charge on any atom is 0.246 e. The van der Waals surface area contributed by atoms with Gasteiger partial charge < -0.3 is 10.5 Å². The highest BCUT2D eigenvalue weighted by atomic mass is 79.9. The predicted molar refractivity (Wildman–Crippen MR) is 87.2 cm³/mol. The number of sulfonamides is 1. The molecule has 0 aliphatic carbocycles. The van der Waals surface area contributed by atoms with Crippen LogP contribution in [0.25, 0.3) is 0 Å². The van der Waals surface area contributed by atoms with E-state index in [0.717, 1.165) is 0 Å². The molecule has 0 heterocycles. The second-order valence-corrected chi connectivity index (χ2v) is 7.92. The molecule has 0 radical (unpaired) electrons. The van der Waals surface area contributed by atoms with Gasteiger partial charge in [0.25, 0.3) is 0 Å². The van der Waals surface area contributed by atoms with Crippen LogP contribution in [0, 0.1) is 0 Å². The summed E-state index contributed by atoms with van der Waals surface area (Å²) in [5.74, 6) is 0. The molecule has 1 atom stereocenters. The van der Waals surface area contributed by atoms with Gasteiger partial charge in [0.1, 0.15) is 4.90 Å². The fourth-order valence-corrected chi connectivity index (χ4v) is 5.66. The number of nitrogens with zero attached hydrogens (tertiary/aromatic N) is 1. The lowest BCUT2D eigenvalue weighted by atomic mass is 10.3. The minimum atomic E-state index is -3.69. The zero-order chi connectivity index (χ0) is 15.5. The van der Waals surface area contributed by atoms with Crippen LogP contribution in [0.5, 0.6) is 0 Å². The molecule has 20 heavy (non-hydrogen) atoms. The zero-order valence-corrected chi connectivity index (χ0v) is 15.5. The Morgan fingerprint density at radius 2 is 2.00 bits per heavy atom. The maximum atomic E-state index is 12.8. The summed E-state index contributed by atoms with van der Waals surface area (Å²) in [6.45, 7) is 4.25. The SMILES string of the molecule is CCN(C(C)COC)S(=O)(=O)c1c(N)cc(Br)cc1Br. The van der Waals surface area contributed by atoms with Crippen LogP contribution < -0.4 is 5.73 Å². The predicted octanol–water partition coefficient (Wildman–Crippen LogP) is 2.84. The fourth-order valence-electron chi connectivity index (χ4n) is 2.01. The number of anilines is 1. The summed E-state index contributed by atoms with van der Waals surface area (Å²) in [5.41, 5.74) is 6.08. The Hall–Kier alpha value is -0.150. The highest BCUT2D eigenvalue weighted by Gasteiger charge is 2.31. The number of likely N-dealkylation sites (N-methyl/N-ethyl adjacent to an activating group) is 1. The number of nitrogen functional groups attached to an aromatic ring is 1. The van der Waals surface area contributed by atoms with Gasteiger partial charge in [0.2, 0.25) is 10.0 Å². The summed E-state index contributed by atoms with van der Waals surface area (Å²) in [6, 6.07) is 2.97. The summed E-state index contributed by atoms with van der Waals surface area (Å²) in [6.07, 6.45) is 0. The average Bonchev–Trinajstić information content (AvgIpc) is 2.27. The van der Waals surface area contributed by atoms with E-state index < -0.39 is 10.0 Å². The number of benzene rings is 1. The van der Waals surface area contributed by atoms with Gasteiger partial charge in [-0.05, 0) is 35.0 Å². The first-order valence-electron chi connectivity index (χ1n) is 6.01. The normalized spacial score (nSPS) is 13.7. The zero-order valence-electron chi connectivity index (χ0n) is 11.6. The van der Waals surface area contributed by atoms with Crippen molar-refractivity contribution in [2.75, 3.05) is 26.0 Å². The number of hydrogen-bond acceptors (Lipinski definition) is 4. The van der Waals surface area contributed by atoms with Gasteiger partial charge in [0.05, 0.1) is 12.3 Å². The molecule has 2 N–H and O–H groups in total. The van der Waals surface area contributed by atoms with Crippen molar-refractivity contribution in [2.24, 2.45) is 0 Å². The third kappa shape index (κ3) is 3.73. The van der Waals surface area contributed by atoms with E-state index >= 15 is 0 Å². The Bertz CT molecular complexity index is 555. The van der Waals surface area contributed by atoms with Crippen LogP contribution in [0.1, 0.15) is 13.8 Å². The van der Waals surface area contributed by atoms with E-state index in [2.05, 4.69) is 31.9 Å². The summed E-state index contributed by atoms with van der Waals surface area (Å²) < 4.78 is 33.1. The molecule has 0 fully saturated rings. The first kappa shape index (κ1) is 17.9. The number of hydrogen-bond donors (Lipinski definition) is 1. The average molecular weight is 430 g/mol. The molecule has 0 amide bonds. The maximum absolute atomic E-state index is 12.8. The standard InChI is InChI=1S/C12H18Br2N2O3S/c1-4-16(8(2)7-19-3)20(17,18)12-10(14)5-9(13)6-11(12)15/h5-6,8H,4,7,15H2,1-3H3. The Balaban J connectivity index is 3.35. The van der Waals surface area contributed by atoms with Gasteiger partial charge in [0, 0.05) is 28.6 Å². The minimum Gasteiger partial charge on any atom is -0.398 e. The monoisotopic (exact) mass is 428 g/mol. The van der Waals surface area contributed by atoms with Crippen LogP contribution in [0.2, 0.25) is 0 Å². The lowest BCUT2D eigenvalue weighted by molar-refractivity contribution is 0.142. The lowest BCUT2D eigenvalue weighted by Gasteiger charge is -2.27. The molecular weight excluding hydrogens is 412 g/mol. The van der Waals surface area contributed by atoms with Crippen LogP contribution in [0.15, 0.2) is 26.0 Å². The van der Waals surface area contributed by atoms with Crippen LogP contribution in [-0.2, 0) is 14.8 Å². The molecule has 5 nitrogen and oxygen atoms in total. The smallest absolute Gasteiger partial charge is 0.246 e. The Kier molecular flexibility index (Phi) is 6.46. The molecule has 1 aromatic carbocycles. The number of nitrogens with two attached hydrogens (primary N) is 1. The fraction of sp³-hybridized carbons (Fsp3) is 0.500. The molecule has 1 rings (SSSR count).